The number of benzene rings is 3. The summed E-state index contributed by atoms with van der Waals surface area (Å²) in [5.41, 5.74) is 2.45. The minimum absolute atomic E-state index is 0.0998. The topological polar surface area (TPSA) is 89.3 Å². The number of carbonyl (C=O) groups is 2. The molecule has 0 spiro atoms. The summed E-state index contributed by atoms with van der Waals surface area (Å²) < 4.78 is 20.1. The minimum atomic E-state index is -0.941. The second-order valence-electron chi connectivity index (χ2n) is 7.63. The molecule has 1 N–H and O–H groups in total. The molecule has 4 rings (SSSR count). The number of hydrogen-bond acceptors (Lipinski definition) is 5. The van der Waals surface area contributed by atoms with Crippen LogP contribution in [0.2, 0.25) is 0 Å². The summed E-state index contributed by atoms with van der Waals surface area (Å²) in [5, 5.41) is 11.0. The van der Waals surface area contributed by atoms with Crippen LogP contribution in [0.5, 0.6) is 0 Å². The number of rotatable bonds is 9. The largest absolute Gasteiger partial charge is 0.383 e. The fraction of sp³-hybridized carbons (Fsp3) is 0.200. The third kappa shape index (κ3) is 5.26. The monoisotopic (exact) mass is 461 g/mol. The Kier molecular flexibility index (Phi) is 7.24. The van der Waals surface area contributed by atoms with E-state index in [1.165, 1.54) is 41.0 Å². The summed E-state index contributed by atoms with van der Waals surface area (Å²) in [6.45, 7) is 0.312. The van der Waals surface area contributed by atoms with Crippen LogP contribution >= 0.6 is 0 Å². The first kappa shape index (κ1) is 23.1. The van der Waals surface area contributed by atoms with Crippen molar-refractivity contribution >= 4 is 28.5 Å². The first-order valence-electron chi connectivity index (χ1n) is 10.7. The average Bonchev–Trinajstić information content (AvgIpc) is 3.26. The van der Waals surface area contributed by atoms with E-state index < -0.39 is 17.8 Å². The molecule has 4 aromatic rings. The highest BCUT2D eigenvalue weighted by Crippen LogP contribution is 2.24. The van der Waals surface area contributed by atoms with E-state index in [2.05, 4.69) is 15.6 Å². The summed E-state index contributed by atoms with van der Waals surface area (Å²) in [5.74, 6) is -1.16. The van der Waals surface area contributed by atoms with Crippen molar-refractivity contribution in [3.8, 4) is 0 Å². The molecule has 174 valence electrons. The van der Waals surface area contributed by atoms with Gasteiger partial charge < -0.3 is 15.0 Å². The van der Waals surface area contributed by atoms with Crippen LogP contribution in [0.1, 0.15) is 11.6 Å². The predicted molar refractivity (Wildman–Crippen MR) is 125 cm³/mol. The average molecular weight is 461 g/mol. The van der Waals surface area contributed by atoms with Crippen molar-refractivity contribution in [1.29, 1.82) is 0 Å². The maximum Gasteiger partial charge on any atom is 0.251 e. The first-order chi connectivity index (χ1) is 16.6. The summed E-state index contributed by atoms with van der Waals surface area (Å²) in [7, 11) is 1.53. The molecular weight excluding hydrogens is 437 g/mol. The lowest BCUT2D eigenvalue weighted by Gasteiger charge is -2.31. The molecule has 9 heteroatoms. The van der Waals surface area contributed by atoms with E-state index in [-0.39, 0.29) is 25.6 Å². The number of nitrogens with zero attached hydrogens (tertiary/aromatic N) is 4. The van der Waals surface area contributed by atoms with Gasteiger partial charge in [-0.1, -0.05) is 47.7 Å². The van der Waals surface area contributed by atoms with Crippen molar-refractivity contribution in [3.05, 3.63) is 90.2 Å². The number of amides is 2. The maximum atomic E-state index is 13.5. The Bertz CT molecular complexity index is 1260. The number of ether oxygens (including phenoxy) is 1. The van der Waals surface area contributed by atoms with Gasteiger partial charge in [-0.3, -0.25) is 9.59 Å². The number of nitrogens with one attached hydrogen (secondary N) is 1. The molecule has 0 aliphatic heterocycles. The fourth-order valence-electron chi connectivity index (χ4n) is 3.69. The third-order valence-corrected chi connectivity index (χ3v) is 5.35. The first-order valence-corrected chi connectivity index (χ1v) is 10.7. The smallest absolute Gasteiger partial charge is 0.251 e. The molecule has 1 heterocycles. The lowest BCUT2D eigenvalue weighted by Crippen LogP contribution is -2.44. The highest BCUT2D eigenvalue weighted by Gasteiger charge is 2.31. The quantitative estimate of drug-likeness (QED) is 0.413. The number of anilines is 1. The lowest BCUT2D eigenvalue weighted by molar-refractivity contribution is -0.140. The van der Waals surface area contributed by atoms with Crippen LogP contribution in [-0.2, 0) is 20.9 Å². The van der Waals surface area contributed by atoms with Gasteiger partial charge >= 0.3 is 0 Å². The van der Waals surface area contributed by atoms with Gasteiger partial charge in [0.2, 0.25) is 5.91 Å². The number of halogens is 1. The molecule has 0 saturated heterocycles. The predicted octanol–water partition coefficient (Wildman–Crippen LogP) is 3.43. The SMILES string of the molecule is COCCN(C(=O)Cn1nnc2ccccc21)[C@H](C(=O)Nc1ccc(F)cc1)c1ccccc1. The molecule has 0 radical (unpaired) electrons. The highest BCUT2D eigenvalue weighted by molar-refractivity contribution is 5.98. The molecule has 34 heavy (non-hydrogen) atoms. The van der Waals surface area contributed by atoms with Crippen LogP contribution in [0, 0.1) is 5.82 Å². The number of aromatic nitrogens is 3. The Hall–Kier alpha value is -4.11. The maximum absolute atomic E-state index is 13.5. The van der Waals surface area contributed by atoms with E-state index in [0.29, 0.717) is 16.8 Å². The van der Waals surface area contributed by atoms with Gasteiger partial charge in [-0.15, -0.1) is 5.10 Å². The van der Waals surface area contributed by atoms with E-state index in [4.69, 9.17) is 4.74 Å². The van der Waals surface area contributed by atoms with Gasteiger partial charge in [0, 0.05) is 19.3 Å². The van der Waals surface area contributed by atoms with Gasteiger partial charge in [-0.25, -0.2) is 9.07 Å². The van der Waals surface area contributed by atoms with E-state index >= 15 is 0 Å². The van der Waals surface area contributed by atoms with Gasteiger partial charge in [0.25, 0.3) is 5.91 Å². The van der Waals surface area contributed by atoms with Gasteiger partial charge in [0.15, 0.2) is 0 Å². The molecular formula is C25H24FN5O3. The molecule has 0 aliphatic rings. The van der Waals surface area contributed by atoms with Gasteiger partial charge in [-0.2, -0.15) is 0 Å². The van der Waals surface area contributed by atoms with Crippen LogP contribution in [0.3, 0.4) is 0 Å². The lowest BCUT2D eigenvalue weighted by atomic mass is 10.0. The van der Waals surface area contributed by atoms with Crippen molar-refractivity contribution in [2.45, 2.75) is 12.6 Å². The summed E-state index contributed by atoms with van der Waals surface area (Å²) in [4.78, 5) is 28.4. The Labute approximate surface area is 195 Å². The van der Waals surface area contributed by atoms with Crippen LogP contribution in [0.15, 0.2) is 78.9 Å². The Morgan fingerprint density at radius 3 is 2.47 bits per heavy atom. The fourth-order valence-corrected chi connectivity index (χ4v) is 3.69. The molecule has 1 aromatic heterocycles. The van der Waals surface area contributed by atoms with Crippen LogP contribution in [-0.4, -0.2) is 52.0 Å². The van der Waals surface area contributed by atoms with Crippen molar-refractivity contribution in [2.24, 2.45) is 0 Å². The zero-order valence-electron chi connectivity index (χ0n) is 18.6. The number of para-hydroxylation sites is 1. The van der Waals surface area contributed by atoms with E-state index in [9.17, 15) is 14.0 Å². The van der Waals surface area contributed by atoms with Gasteiger partial charge in [-0.05, 0) is 42.0 Å². The van der Waals surface area contributed by atoms with Crippen molar-refractivity contribution in [3.63, 3.8) is 0 Å². The second kappa shape index (κ2) is 10.7. The number of carbonyl (C=O) groups excluding carboxylic acids is 2. The molecule has 1 atom stereocenters. The number of methoxy groups -OCH3 is 1. The molecule has 0 unspecified atom stereocenters. The van der Waals surface area contributed by atoms with Crippen LogP contribution in [0.4, 0.5) is 10.1 Å². The summed E-state index contributed by atoms with van der Waals surface area (Å²) in [6.07, 6.45) is 0. The highest BCUT2D eigenvalue weighted by atomic mass is 19.1. The third-order valence-electron chi connectivity index (χ3n) is 5.35. The van der Waals surface area contributed by atoms with Crippen molar-refractivity contribution in [2.75, 3.05) is 25.6 Å². The number of hydrogen-bond donors (Lipinski definition) is 1. The molecule has 0 fully saturated rings. The summed E-state index contributed by atoms with van der Waals surface area (Å²) in [6, 6.07) is 20.9. The van der Waals surface area contributed by atoms with Crippen LogP contribution < -0.4 is 5.32 Å². The van der Waals surface area contributed by atoms with Crippen LogP contribution in [0.25, 0.3) is 11.0 Å². The normalized spacial score (nSPS) is 11.8. The van der Waals surface area contributed by atoms with Gasteiger partial charge in [0.1, 0.15) is 23.9 Å². The second-order valence-corrected chi connectivity index (χ2v) is 7.63. The molecule has 8 nitrogen and oxygen atoms in total. The number of fused-ring (bicyclic) bond motifs is 1. The zero-order chi connectivity index (χ0) is 23.9. The Morgan fingerprint density at radius 1 is 1.03 bits per heavy atom. The van der Waals surface area contributed by atoms with E-state index in [0.717, 1.165) is 5.52 Å². The molecule has 0 aliphatic carbocycles. The van der Waals surface area contributed by atoms with Crippen molar-refractivity contribution < 1.29 is 18.7 Å². The minimum Gasteiger partial charge on any atom is -0.383 e. The zero-order valence-corrected chi connectivity index (χ0v) is 18.6. The van der Waals surface area contributed by atoms with Gasteiger partial charge in [0.05, 0.1) is 12.1 Å². The summed E-state index contributed by atoms with van der Waals surface area (Å²) >= 11 is 0. The van der Waals surface area contributed by atoms with E-state index in [1.54, 1.807) is 24.3 Å². The Morgan fingerprint density at radius 2 is 1.74 bits per heavy atom. The van der Waals surface area contributed by atoms with E-state index in [1.807, 2.05) is 30.3 Å². The molecule has 0 bridgehead atoms. The molecule has 3 aromatic carbocycles. The van der Waals surface area contributed by atoms with Crippen molar-refractivity contribution in [1.82, 2.24) is 19.9 Å². The Balaban J connectivity index is 1.66. The molecule has 2 amide bonds. The molecule has 0 saturated carbocycles. The standard InChI is InChI=1S/C25H24FN5O3/c1-34-16-15-30(23(32)17-31-22-10-6-5-9-21(22)28-29-31)24(18-7-3-2-4-8-18)25(33)27-20-13-11-19(26)12-14-20/h2-14,24H,15-17H2,1H3,(H,27,33)/t24-/m0/s1.